The number of anilines is 2. The Morgan fingerprint density at radius 1 is 1.07 bits per heavy atom. The van der Waals surface area contributed by atoms with Crippen LogP contribution in [0, 0.1) is 11.3 Å². The number of fused-ring (bicyclic) bond motifs is 2. The molecule has 2 saturated heterocycles. The van der Waals surface area contributed by atoms with Crippen LogP contribution >= 0.6 is 0 Å². The quantitative estimate of drug-likeness (QED) is 0.310. The van der Waals surface area contributed by atoms with Gasteiger partial charge in [0.05, 0.1) is 30.8 Å². The molecule has 2 fully saturated rings. The van der Waals surface area contributed by atoms with Crippen molar-refractivity contribution >= 4 is 28.2 Å². The molecular formula is C36H46N8O2. The van der Waals surface area contributed by atoms with E-state index in [0.717, 1.165) is 49.6 Å². The van der Waals surface area contributed by atoms with E-state index in [0.29, 0.717) is 51.4 Å². The van der Waals surface area contributed by atoms with Crippen molar-refractivity contribution in [2.24, 2.45) is 0 Å². The summed E-state index contributed by atoms with van der Waals surface area (Å²) >= 11 is 0. The Kier molecular flexibility index (Phi) is 10.0. The van der Waals surface area contributed by atoms with Crippen LogP contribution in [-0.2, 0) is 17.8 Å². The molecular weight excluding hydrogens is 576 g/mol. The van der Waals surface area contributed by atoms with Crippen LogP contribution in [-0.4, -0.2) is 109 Å². The number of rotatable bonds is 10. The Balaban J connectivity index is 1.29. The molecule has 4 heterocycles. The molecule has 0 N–H and O–H groups in total. The summed E-state index contributed by atoms with van der Waals surface area (Å²) < 4.78 is 6.39. The fourth-order valence-corrected chi connectivity index (χ4v) is 7.15. The number of ether oxygens (including phenoxy) is 1. The molecule has 3 aliphatic rings. The molecule has 0 spiro atoms. The van der Waals surface area contributed by atoms with Gasteiger partial charge in [-0.2, -0.15) is 15.2 Å². The topological polar surface area (TPSA) is 92.1 Å². The highest BCUT2D eigenvalue weighted by Crippen LogP contribution is 2.35. The number of nitriles is 1. The van der Waals surface area contributed by atoms with Crippen molar-refractivity contribution in [3.8, 4) is 12.1 Å². The highest BCUT2D eigenvalue weighted by Gasteiger charge is 2.34. The summed E-state index contributed by atoms with van der Waals surface area (Å²) in [5.74, 6) is 0.841. The zero-order valence-electron chi connectivity index (χ0n) is 27.4. The molecule has 3 aromatic rings. The van der Waals surface area contributed by atoms with Gasteiger partial charge in [-0.3, -0.25) is 9.69 Å². The van der Waals surface area contributed by atoms with E-state index in [4.69, 9.17) is 14.7 Å². The molecule has 46 heavy (non-hydrogen) atoms. The van der Waals surface area contributed by atoms with Crippen LogP contribution in [0.1, 0.15) is 37.4 Å². The molecule has 1 aromatic heterocycles. The smallest absolute Gasteiger partial charge is 0.318 e. The van der Waals surface area contributed by atoms with Gasteiger partial charge in [0.15, 0.2) is 0 Å². The van der Waals surface area contributed by atoms with Crippen molar-refractivity contribution in [3.05, 3.63) is 65.9 Å². The first-order valence-electron chi connectivity index (χ1n) is 16.7. The molecule has 10 heteroatoms. The monoisotopic (exact) mass is 622 g/mol. The lowest BCUT2D eigenvalue weighted by molar-refractivity contribution is -0.128. The lowest BCUT2D eigenvalue weighted by Crippen LogP contribution is -2.55. The average molecular weight is 623 g/mol. The lowest BCUT2D eigenvalue weighted by Gasteiger charge is -2.42. The molecule has 2 aromatic carbocycles. The molecule has 242 valence electrons. The van der Waals surface area contributed by atoms with Gasteiger partial charge >= 0.3 is 6.01 Å². The van der Waals surface area contributed by atoms with Gasteiger partial charge in [0.2, 0.25) is 5.91 Å². The Labute approximate surface area is 272 Å². The summed E-state index contributed by atoms with van der Waals surface area (Å²) in [7, 11) is 3.95. The van der Waals surface area contributed by atoms with Gasteiger partial charge in [-0.1, -0.05) is 49.4 Å². The molecule has 2 atom stereocenters. The minimum Gasteiger partial charge on any atom is -0.462 e. The van der Waals surface area contributed by atoms with Crippen molar-refractivity contribution in [2.45, 2.75) is 51.2 Å². The summed E-state index contributed by atoms with van der Waals surface area (Å²) in [6.45, 7) is 8.80. The second-order valence-electron chi connectivity index (χ2n) is 12.8. The van der Waals surface area contributed by atoms with Gasteiger partial charge in [-0.15, -0.1) is 0 Å². The van der Waals surface area contributed by atoms with Crippen LogP contribution < -0.4 is 14.5 Å². The predicted octanol–water partition coefficient (Wildman–Crippen LogP) is 4.10. The number of nitrogens with zero attached hydrogens (tertiary/aromatic N) is 8. The first kappa shape index (κ1) is 31.8. The van der Waals surface area contributed by atoms with E-state index in [1.165, 1.54) is 22.9 Å². The third kappa shape index (κ3) is 6.96. The summed E-state index contributed by atoms with van der Waals surface area (Å²) in [6, 6.07) is 17.9. The van der Waals surface area contributed by atoms with Crippen LogP contribution in [0.3, 0.4) is 0 Å². The molecule has 2 unspecified atom stereocenters. The van der Waals surface area contributed by atoms with Gasteiger partial charge in [-0.25, -0.2) is 0 Å². The van der Waals surface area contributed by atoms with E-state index in [-0.39, 0.29) is 18.4 Å². The van der Waals surface area contributed by atoms with Crippen LogP contribution in [0.2, 0.25) is 0 Å². The summed E-state index contributed by atoms with van der Waals surface area (Å²) in [5, 5.41) is 12.2. The van der Waals surface area contributed by atoms with Gasteiger partial charge in [0.1, 0.15) is 12.4 Å². The van der Waals surface area contributed by atoms with Gasteiger partial charge < -0.3 is 24.3 Å². The number of amides is 1. The maximum atomic E-state index is 13.2. The normalized spacial score (nSPS) is 20.5. The van der Waals surface area contributed by atoms with Crippen molar-refractivity contribution < 1.29 is 9.53 Å². The highest BCUT2D eigenvalue weighted by atomic mass is 16.5. The van der Waals surface area contributed by atoms with Crippen molar-refractivity contribution in [2.75, 3.05) is 76.3 Å². The van der Waals surface area contributed by atoms with Crippen molar-refractivity contribution in [1.29, 1.82) is 5.26 Å². The fourth-order valence-electron chi connectivity index (χ4n) is 7.15. The highest BCUT2D eigenvalue weighted by molar-refractivity contribution is 5.94. The minimum atomic E-state index is -0.224. The number of carbonyl (C=O) groups excluding carboxylic acids is 1. The third-order valence-electron chi connectivity index (χ3n) is 9.56. The standard InChI is InChI=1S/C36H46N8O2/c1-4-41-20-8-12-29(41)26-46-36-38-32-25-42(33-14-7-11-27-10-5-6-13-30(27)33)21-17-31(32)35(39-36)43-22-23-44(28(24-43)16-18-37)34(45)15-9-19-40(2)3/h5-7,9-11,13-15,28-29H,4,8,12,16-17,19-26H2,1-3H3/b15-9+. The van der Waals surface area contributed by atoms with Gasteiger partial charge in [-0.05, 0) is 57.9 Å². The number of hydrogen-bond donors (Lipinski definition) is 0. The molecule has 10 nitrogen and oxygen atoms in total. The maximum Gasteiger partial charge on any atom is 0.318 e. The number of hydrogen-bond acceptors (Lipinski definition) is 9. The third-order valence-corrected chi connectivity index (χ3v) is 9.56. The van der Waals surface area contributed by atoms with E-state index >= 15 is 0 Å². The lowest BCUT2D eigenvalue weighted by atomic mass is 10.0. The van der Waals surface area contributed by atoms with Crippen molar-refractivity contribution in [3.63, 3.8) is 0 Å². The number of piperazine rings is 1. The van der Waals surface area contributed by atoms with Crippen LogP contribution in [0.15, 0.2) is 54.6 Å². The average Bonchev–Trinajstić information content (AvgIpc) is 3.54. The number of benzene rings is 2. The Bertz CT molecular complexity index is 1600. The molecule has 0 aliphatic carbocycles. The van der Waals surface area contributed by atoms with E-state index in [9.17, 15) is 10.1 Å². The first-order valence-corrected chi connectivity index (χ1v) is 16.7. The number of likely N-dealkylation sites (N-methyl/N-ethyl adjacent to an activating group) is 2. The SMILES string of the molecule is CCN1CCCC1COc1nc2c(c(N3CCN(C(=O)/C=C/CN(C)C)C(CC#N)C3)n1)CCN(c1cccc3ccccc13)C2. The number of aromatic nitrogens is 2. The fraction of sp³-hybridized carbons (Fsp3) is 0.500. The van der Waals surface area contributed by atoms with E-state index in [1.807, 2.05) is 30.0 Å². The zero-order valence-corrected chi connectivity index (χ0v) is 27.4. The molecule has 0 radical (unpaired) electrons. The molecule has 1 amide bonds. The van der Waals surface area contributed by atoms with Gasteiger partial charge in [0, 0.05) is 61.5 Å². The summed E-state index contributed by atoms with van der Waals surface area (Å²) in [5.41, 5.74) is 3.33. The van der Waals surface area contributed by atoms with E-state index < -0.39 is 0 Å². The van der Waals surface area contributed by atoms with Crippen LogP contribution in [0.4, 0.5) is 11.5 Å². The second-order valence-corrected chi connectivity index (χ2v) is 12.8. The van der Waals surface area contributed by atoms with E-state index in [1.54, 1.807) is 6.08 Å². The predicted molar refractivity (Wildman–Crippen MR) is 182 cm³/mol. The van der Waals surface area contributed by atoms with Crippen molar-refractivity contribution in [1.82, 2.24) is 24.7 Å². The minimum absolute atomic E-state index is 0.0433. The number of likely N-dealkylation sites (tertiary alicyclic amines) is 1. The Hall–Kier alpha value is -4.20. The molecule has 6 rings (SSSR count). The van der Waals surface area contributed by atoms with Crippen LogP contribution in [0.5, 0.6) is 6.01 Å². The number of carbonyl (C=O) groups is 1. The van der Waals surface area contributed by atoms with Gasteiger partial charge in [0.25, 0.3) is 0 Å². The maximum absolute atomic E-state index is 13.2. The van der Waals surface area contributed by atoms with E-state index in [2.05, 4.69) is 70.2 Å². The second kappa shape index (κ2) is 14.5. The first-order chi connectivity index (χ1) is 22.4. The molecule has 0 bridgehead atoms. The largest absolute Gasteiger partial charge is 0.462 e. The summed E-state index contributed by atoms with van der Waals surface area (Å²) in [4.78, 5) is 34.2. The zero-order chi connectivity index (χ0) is 32.0. The Morgan fingerprint density at radius 2 is 1.91 bits per heavy atom. The summed E-state index contributed by atoms with van der Waals surface area (Å²) in [6.07, 6.45) is 6.90. The molecule has 3 aliphatic heterocycles. The molecule has 0 saturated carbocycles. The van der Waals surface area contributed by atoms with Crippen LogP contribution in [0.25, 0.3) is 10.8 Å². The Morgan fingerprint density at radius 3 is 2.74 bits per heavy atom.